The Bertz CT molecular complexity index is 545. The van der Waals surface area contributed by atoms with Gasteiger partial charge in [0.1, 0.15) is 5.92 Å². The molecule has 0 saturated carbocycles. The molecule has 1 aromatic carbocycles. The number of para-hydroxylation sites is 1. The fourth-order valence-electron chi connectivity index (χ4n) is 2.69. The molecule has 2 unspecified atom stereocenters. The van der Waals surface area contributed by atoms with Crippen molar-refractivity contribution in [1.29, 1.82) is 0 Å². The van der Waals surface area contributed by atoms with Gasteiger partial charge in [-0.05, 0) is 32.6 Å². The highest BCUT2D eigenvalue weighted by molar-refractivity contribution is 5.98. The molecule has 0 saturated heterocycles. The average molecular weight is 291 g/mol. The number of carboxylic acid groups (broad SMARTS) is 1. The lowest BCUT2D eigenvalue weighted by Crippen LogP contribution is -2.47. The third-order valence-corrected chi connectivity index (χ3v) is 3.52. The van der Waals surface area contributed by atoms with Gasteiger partial charge in [0.2, 0.25) is 0 Å². The molecule has 21 heavy (non-hydrogen) atoms. The van der Waals surface area contributed by atoms with Gasteiger partial charge in [0.05, 0.1) is 0 Å². The van der Waals surface area contributed by atoms with Crippen LogP contribution in [0.15, 0.2) is 24.3 Å². The Hall–Kier alpha value is -2.08. The van der Waals surface area contributed by atoms with E-state index in [-0.39, 0.29) is 18.6 Å². The molecule has 2 rings (SSSR count). The van der Waals surface area contributed by atoms with E-state index in [1.54, 1.807) is 18.2 Å². The zero-order valence-corrected chi connectivity index (χ0v) is 12.5. The van der Waals surface area contributed by atoms with Crippen molar-refractivity contribution in [2.45, 2.75) is 18.9 Å². The van der Waals surface area contributed by atoms with E-state index >= 15 is 0 Å². The molecule has 2 amide bonds. The first-order chi connectivity index (χ1) is 9.90. The van der Waals surface area contributed by atoms with Crippen LogP contribution < -0.4 is 10.2 Å². The van der Waals surface area contributed by atoms with E-state index in [0.717, 1.165) is 6.54 Å². The zero-order chi connectivity index (χ0) is 15.6. The summed E-state index contributed by atoms with van der Waals surface area (Å²) in [5.74, 6) is -1.56. The molecule has 0 spiro atoms. The van der Waals surface area contributed by atoms with Crippen molar-refractivity contribution >= 4 is 17.7 Å². The van der Waals surface area contributed by atoms with E-state index in [0.29, 0.717) is 11.3 Å². The minimum Gasteiger partial charge on any atom is -0.481 e. The van der Waals surface area contributed by atoms with Gasteiger partial charge in [0.25, 0.3) is 0 Å². The maximum absolute atomic E-state index is 12.4. The van der Waals surface area contributed by atoms with Gasteiger partial charge in [-0.3, -0.25) is 9.69 Å². The Morgan fingerprint density at radius 1 is 1.43 bits per heavy atom. The number of fused-ring (bicyclic) bond motifs is 1. The van der Waals surface area contributed by atoms with Crippen molar-refractivity contribution in [2.75, 3.05) is 32.1 Å². The second kappa shape index (κ2) is 6.13. The Morgan fingerprint density at radius 2 is 2.10 bits per heavy atom. The summed E-state index contributed by atoms with van der Waals surface area (Å²) < 4.78 is 0. The highest BCUT2D eigenvalue weighted by atomic mass is 16.4. The van der Waals surface area contributed by atoms with E-state index in [1.165, 1.54) is 4.90 Å². The van der Waals surface area contributed by atoms with Crippen LogP contribution in [0.2, 0.25) is 0 Å². The first kappa shape index (κ1) is 15.3. The molecule has 0 fully saturated rings. The number of likely N-dealkylation sites (N-methyl/N-ethyl adjacent to an activating group) is 1. The SMILES string of the molecule is CC(CN(C)C)NC(=O)N1CC(C(=O)O)c2ccccc21. The van der Waals surface area contributed by atoms with Crippen LogP contribution in [0, 0.1) is 0 Å². The highest BCUT2D eigenvalue weighted by Gasteiger charge is 2.36. The number of rotatable bonds is 4. The third-order valence-electron chi connectivity index (χ3n) is 3.52. The quantitative estimate of drug-likeness (QED) is 0.878. The molecule has 2 atom stereocenters. The molecule has 1 aliphatic heterocycles. The molecule has 0 bridgehead atoms. The molecular weight excluding hydrogens is 270 g/mol. The molecule has 1 aromatic rings. The van der Waals surface area contributed by atoms with Gasteiger partial charge >= 0.3 is 12.0 Å². The van der Waals surface area contributed by atoms with Crippen LogP contribution in [0.4, 0.5) is 10.5 Å². The lowest BCUT2D eigenvalue weighted by Gasteiger charge is -2.23. The Labute approximate surface area is 124 Å². The second-order valence-electron chi connectivity index (χ2n) is 5.67. The van der Waals surface area contributed by atoms with Gasteiger partial charge in [-0.2, -0.15) is 0 Å². The average Bonchev–Trinajstić information content (AvgIpc) is 2.77. The van der Waals surface area contributed by atoms with E-state index in [4.69, 9.17) is 0 Å². The normalized spacial score (nSPS) is 18.5. The highest BCUT2D eigenvalue weighted by Crippen LogP contribution is 2.36. The Morgan fingerprint density at radius 3 is 2.71 bits per heavy atom. The van der Waals surface area contributed by atoms with Crippen molar-refractivity contribution in [2.24, 2.45) is 0 Å². The van der Waals surface area contributed by atoms with Gasteiger partial charge in [-0.25, -0.2) is 4.79 Å². The first-order valence-electron chi connectivity index (χ1n) is 6.94. The van der Waals surface area contributed by atoms with Crippen LogP contribution >= 0.6 is 0 Å². The van der Waals surface area contributed by atoms with Crippen LogP contribution in [0.3, 0.4) is 0 Å². The van der Waals surface area contributed by atoms with Gasteiger partial charge in [-0.1, -0.05) is 18.2 Å². The Balaban J connectivity index is 2.14. The summed E-state index contributed by atoms with van der Waals surface area (Å²) in [6, 6.07) is 6.90. The summed E-state index contributed by atoms with van der Waals surface area (Å²) in [7, 11) is 3.88. The van der Waals surface area contributed by atoms with Crippen molar-refractivity contribution in [3.8, 4) is 0 Å². The summed E-state index contributed by atoms with van der Waals surface area (Å²) >= 11 is 0. The lowest BCUT2D eigenvalue weighted by molar-refractivity contribution is -0.138. The number of nitrogens with zero attached hydrogens (tertiary/aromatic N) is 2. The fourth-order valence-corrected chi connectivity index (χ4v) is 2.69. The number of benzene rings is 1. The predicted octanol–water partition coefficient (Wildman–Crippen LogP) is 1.33. The minimum absolute atomic E-state index is 0.0106. The van der Waals surface area contributed by atoms with E-state index in [2.05, 4.69) is 5.32 Å². The number of hydrogen-bond donors (Lipinski definition) is 2. The number of carboxylic acids is 1. The summed E-state index contributed by atoms with van der Waals surface area (Å²) in [6.07, 6.45) is 0. The molecule has 0 aliphatic carbocycles. The molecule has 6 nitrogen and oxygen atoms in total. The number of amides is 2. The number of urea groups is 1. The van der Waals surface area contributed by atoms with Crippen molar-refractivity contribution in [3.63, 3.8) is 0 Å². The maximum atomic E-state index is 12.4. The van der Waals surface area contributed by atoms with E-state index < -0.39 is 11.9 Å². The van der Waals surface area contributed by atoms with Crippen molar-refractivity contribution < 1.29 is 14.7 Å². The van der Waals surface area contributed by atoms with Crippen LogP contribution in [0.25, 0.3) is 0 Å². The molecule has 2 N–H and O–H groups in total. The van der Waals surface area contributed by atoms with Crippen molar-refractivity contribution in [1.82, 2.24) is 10.2 Å². The summed E-state index contributed by atoms with van der Waals surface area (Å²) in [5.41, 5.74) is 1.37. The third kappa shape index (κ3) is 3.33. The second-order valence-corrected chi connectivity index (χ2v) is 5.67. The van der Waals surface area contributed by atoms with Crippen molar-refractivity contribution in [3.05, 3.63) is 29.8 Å². The minimum atomic E-state index is -0.904. The van der Waals surface area contributed by atoms with E-state index in [1.807, 2.05) is 32.0 Å². The molecule has 0 radical (unpaired) electrons. The molecule has 0 aromatic heterocycles. The van der Waals surface area contributed by atoms with Crippen LogP contribution in [0.5, 0.6) is 0 Å². The number of carbonyl (C=O) groups excluding carboxylic acids is 1. The van der Waals surface area contributed by atoms with Gasteiger partial charge in [0, 0.05) is 24.8 Å². The lowest BCUT2D eigenvalue weighted by atomic mass is 10.0. The maximum Gasteiger partial charge on any atom is 0.322 e. The molecule has 1 aliphatic rings. The molecular formula is C15H21N3O3. The monoisotopic (exact) mass is 291 g/mol. The number of carbonyl (C=O) groups is 2. The van der Waals surface area contributed by atoms with Crippen LogP contribution in [-0.2, 0) is 4.79 Å². The fraction of sp³-hybridized carbons (Fsp3) is 0.467. The molecule has 6 heteroatoms. The van der Waals surface area contributed by atoms with Crippen LogP contribution in [-0.4, -0.2) is 55.2 Å². The first-order valence-corrected chi connectivity index (χ1v) is 6.94. The van der Waals surface area contributed by atoms with E-state index in [9.17, 15) is 14.7 Å². The largest absolute Gasteiger partial charge is 0.481 e. The number of hydrogen-bond acceptors (Lipinski definition) is 3. The van der Waals surface area contributed by atoms with Crippen LogP contribution in [0.1, 0.15) is 18.4 Å². The van der Waals surface area contributed by atoms with Gasteiger partial charge < -0.3 is 15.3 Å². The van der Waals surface area contributed by atoms with Gasteiger partial charge in [0.15, 0.2) is 0 Å². The smallest absolute Gasteiger partial charge is 0.322 e. The Kier molecular flexibility index (Phi) is 4.47. The topological polar surface area (TPSA) is 72.9 Å². The molecule has 114 valence electrons. The number of nitrogens with one attached hydrogen (secondary N) is 1. The summed E-state index contributed by atoms with van der Waals surface area (Å²) in [6.45, 7) is 2.83. The standard InChI is InChI=1S/C15H21N3O3/c1-10(8-17(2)3)16-15(21)18-9-12(14(19)20)11-6-4-5-7-13(11)18/h4-7,10,12H,8-9H2,1-3H3,(H,16,21)(H,19,20). The summed E-state index contributed by atoms with van der Waals surface area (Å²) in [5, 5.41) is 12.2. The predicted molar refractivity (Wildman–Crippen MR) is 80.7 cm³/mol. The number of aliphatic carboxylic acids is 1. The number of anilines is 1. The summed E-state index contributed by atoms with van der Waals surface area (Å²) in [4.78, 5) is 27.2. The molecule has 1 heterocycles. The zero-order valence-electron chi connectivity index (χ0n) is 12.5. The van der Waals surface area contributed by atoms with Gasteiger partial charge in [-0.15, -0.1) is 0 Å².